The number of fused-ring (bicyclic) bond motifs is 1. The van der Waals surface area contributed by atoms with E-state index in [2.05, 4.69) is 29.3 Å². The van der Waals surface area contributed by atoms with Crippen LogP contribution in [0.3, 0.4) is 0 Å². The lowest BCUT2D eigenvalue weighted by Crippen LogP contribution is -2.32. The average Bonchev–Trinajstić information content (AvgIpc) is 3.05. The van der Waals surface area contributed by atoms with Crippen molar-refractivity contribution in [1.29, 1.82) is 0 Å². The normalized spacial score (nSPS) is 15.4. The van der Waals surface area contributed by atoms with E-state index in [0.29, 0.717) is 13.1 Å². The topological polar surface area (TPSA) is 59.3 Å². The zero-order chi connectivity index (χ0) is 21.8. The number of benzene rings is 2. The van der Waals surface area contributed by atoms with E-state index >= 15 is 0 Å². The van der Waals surface area contributed by atoms with Crippen molar-refractivity contribution in [3.8, 4) is 0 Å². The van der Waals surface area contributed by atoms with Gasteiger partial charge in [-0.2, -0.15) is 0 Å². The molecule has 2 heterocycles. The molecule has 0 atom stereocenters. The molecule has 1 amide bonds. The van der Waals surface area contributed by atoms with Crippen molar-refractivity contribution in [2.24, 2.45) is 5.92 Å². The van der Waals surface area contributed by atoms with Crippen molar-refractivity contribution in [2.75, 3.05) is 18.4 Å². The molecule has 1 aliphatic heterocycles. The number of carbonyl (C=O) groups is 1. The molecule has 6 nitrogen and oxygen atoms in total. The molecule has 1 N–H and O–H groups in total. The number of piperidine rings is 1. The van der Waals surface area contributed by atoms with E-state index in [1.165, 1.54) is 18.4 Å². The minimum Gasteiger partial charge on any atom is -0.326 e. The Morgan fingerprint density at radius 2 is 1.65 bits per heavy atom. The smallest absolute Gasteiger partial charge is 0.326 e. The summed E-state index contributed by atoms with van der Waals surface area (Å²) in [7, 11) is 0. The van der Waals surface area contributed by atoms with Crippen molar-refractivity contribution < 1.29 is 4.79 Å². The number of hydrogen-bond acceptors (Lipinski definition) is 3. The van der Waals surface area contributed by atoms with Gasteiger partial charge in [-0.25, -0.2) is 4.79 Å². The Morgan fingerprint density at radius 3 is 2.29 bits per heavy atom. The quantitative estimate of drug-likeness (QED) is 0.626. The first kappa shape index (κ1) is 21.4. The molecule has 6 heteroatoms. The fourth-order valence-corrected chi connectivity index (χ4v) is 4.40. The summed E-state index contributed by atoms with van der Waals surface area (Å²) in [5.74, 6) is 0.751. The Labute approximate surface area is 183 Å². The van der Waals surface area contributed by atoms with Gasteiger partial charge < -0.3 is 5.32 Å². The van der Waals surface area contributed by atoms with Crippen LogP contribution in [0.5, 0.6) is 0 Å². The maximum absolute atomic E-state index is 12.7. The second-order valence-corrected chi connectivity index (χ2v) is 8.62. The molecule has 1 aromatic heterocycles. The van der Waals surface area contributed by atoms with Crippen LogP contribution >= 0.6 is 0 Å². The van der Waals surface area contributed by atoms with Gasteiger partial charge in [0.15, 0.2) is 0 Å². The van der Waals surface area contributed by atoms with Gasteiger partial charge in [0.2, 0.25) is 5.91 Å². The summed E-state index contributed by atoms with van der Waals surface area (Å²) in [6.45, 7) is 8.55. The Bertz CT molecular complexity index is 1090. The average molecular weight is 421 g/mol. The summed E-state index contributed by atoms with van der Waals surface area (Å²) < 4.78 is 3.44. The van der Waals surface area contributed by atoms with Crippen molar-refractivity contribution in [3.05, 3.63) is 64.6 Å². The lowest BCUT2D eigenvalue weighted by Gasteiger charge is -2.30. The standard InChI is InChI=1S/C25H32N4O2/c1-3-28-22-6-4-5-7-23(22)29(25(28)31)17-14-24(30)26-21-10-8-20(9-11-21)18-27-15-12-19(2)13-16-27/h4-11,19H,3,12-18H2,1-2H3,(H,26,30). The third kappa shape index (κ3) is 4.90. The second kappa shape index (κ2) is 9.52. The van der Waals surface area contributed by atoms with Gasteiger partial charge in [0.1, 0.15) is 0 Å². The van der Waals surface area contributed by atoms with Crippen LogP contribution in [-0.4, -0.2) is 33.0 Å². The fraction of sp³-hybridized carbons (Fsp3) is 0.440. The van der Waals surface area contributed by atoms with Crippen molar-refractivity contribution in [3.63, 3.8) is 0 Å². The maximum Gasteiger partial charge on any atom is 0.329 e. The molecule has 0 aliphatic carbocycles. The molecule has 0 unspecified atom stereocenters. The molecule has 31 heavy (non-hydrogen) atoms. The number of para-hydroxylation sites is 2. The zero-order valence-electron chi connectivity index (χ0n) is 18.5. The molecule has 1 aliphatic rings. The number of aromatic nitrogens is 2. The molecule has 2 aromatic carbocycles. The highest BCUT2D eigenvalue weighted by Crippen LogP contribution is 2.19. The number of likely N-dealkylation sites (tertiary alicyclic amines) is 1. The summed E-state index contributed by atoms with van der Waals surface area (Å²) in [5, 5.41) is 2.96. The zero-order valence-corrected chi connectivity index (χ0v) is 18.5. The molecular formula is C25H32N4O2. The van der Waals surface area contributed by atoms with E-state index in [1.54, 1.807) is 9.13 Å². The van der Waals surface area contributed by atoms with Crippen LogP contribution in [0.2, 0.25) is 0 Å². The van der Waals surface area contributed by atoms with E-state index in [9.17, 15) is 9.59 Å². The number of nitrogens with one attached hydrogen (secondary N) is 1. The maximum atomic E-state index is 12.7. The summed E-state index contributed by atoms with van der Waals surface area (Å²) in [6, 6.07) is 15.8. The SMILES string of the molecule is CCn1c(=O)n(CCC(=O)Nc2ccc(CN3CCC(C)CC3)cc2)c2ccccc21. The Kier molecular flexibility index (Phi) is 6.56. The van der Waals surface area contributed by atoms with Gasteiger partial charge in [0.25, 0.3) is 0 Å². The first-order valence-corrected chi connectivity index (χ1v) is 11.3. The van der Waals surface area contributed by atoms with E-state index in [-0.39, 0.29) is 18.0 Å². The molecule has 3 aromatic rings. The van der Waals surface area contributed by atoms with Crippen molar-refractivity contribution in [1.82, 2.24) is 14.0 Å². The van der Waals surface area contributed by atoms with Gasteiger partial charge >= 0.3 is 5.69 Å². The largest absolute Gasteiger partial charge is 0.329 e. The molecule has 1 fully saturated rings. The number of anilines is 1. The number of imidazole rings is 1. The van der Waals surface area contributed by atoms with E-state index in [4.69, 9.17) is 0 Å². The number of hydrogen-bond donors (Lipinski definition) is 1. The molecule has 0 radical (unpaired) electrons. The summed E-state index contributed by atoms with van der Waals surface area (Å²) in [6.07, 6.45) is 2.80. The lowest BCUT2D eigenvalue weighted by atomic mass is 9.99. The van der Waals surface area contributed by atoms with Gasteiger partial charge in [-0.3, -0.25) is 18.8 Å². The Morgan fingerprint density at radius 1 is 1.00 bits per heavy atom. The molecular weight excluding hydrogens is 388 g/mol. The first-order chi connectivity index (χ1) is 15.0. The van der Waals surface area contributed by atoms with Crippen LogP contribution < -0.4 is 11.0 Å². The summed E-state index contributed by atoms with van der Waals surface area (Å²) >= 11 is 0. The summed E-state index contributed by atoms with van der Waals surface area (Å²) in [5.41, 5.74) is 3.79. The minimum absolute atomic E-state index is 0.0621. The molecule has 0 saturated carbocycles. The molecule has 0 bridgehead atoms. The number of aryl methyl sites for hydroxylation is 2. The molecule has 164 valence electrons. The van der Waals surface area contributed by atoms with Crippen molar-refractivity contribution >= 4 is 22.6 Å². The predicted octanol–water partition coefficient (Wildman–Crippen LogP) is 4.08. The monoisotopic (exact) mass is 420 g/mol. The van der Waals surface area contributed by atoms with Gasteiger partial charge in [0.05, 0.1) is 11.0 Å². The third-order valence-electron chi connectivity index (χ3n) is 6.32. The second-order valence-electron chi connectivity index (χ2n) is 8.62. The molecule has 4 rings (SSSR count). The minimum atomic E-state index is -0.0852. The van der Waals surface area contributed by atoms with E-state index in [0.717, 1.165) is 42.3 Å². The lowest BCUT2D eigenvalue weighted by molar-refractivity contribution is -0.116. The Balaban J connectivity index is 1.34. The highest BCUT2D eigenvalue weighted by Gasteiger charge is 2.16. The van der Waals surface area contributed by atoms with Gasteiger partial charge in [-0.05, 0) is 68.6 Å². The molecule has 0 spiro atoms. The number of carbonyl (C=O) groups excluding carboxylic acids is 1. The summed E-state index contributed by atoms with van der Waals surface area (Å²) in [4.78, 5) is 27.7. The highest BCUT2D eigenvalue weighted by molar-refractivity contribution is 5.90. The predicted molar refractivity (Wildman–Crippen MR) is 125 cm³/mol. The van der Waals surface area contributed by atoms with Crippen molar-refractivity contribution in [2.45, 2.75) is 52.7 Å². The van der Waals surface area contributed by atoms with Gasteiger partial charge in [-0.1, -0.05) is 31.2 Å². The van der Waals surface area contributed by atoms with Crippen LogP contribution in [0.1, 0.15) is 38.7 Å². The van der Waals surface area contributed by atoms with Crippen LogP contribution in [-0.2, 0) is 24.4 Å². The number of amides is 1. The van der Waals surface area contributed by atoms with Gasteiger partial charge in [0, 0.05) is 31.7 Å². The van der Waals surface area contributed by atoms with Crippen LogP contribution in [0.4, 0.5) is 5.69 Å². The van der Waals surface area contributed by atoms with E-state index < -0.39 is 0 Å². The third-order valence-corrected chi connectivity index (χ3v) is 6.32. The van der Waals surface area contributed by atoms with E-state index in [1.807, 2.05) is 43.3 Å². The number of rotatable bonds is 7. The number of nitrogens with zero attached hydrogens (tertiary/aromatic N) is 3. The fourth-order valence-electron chi connectivity index (χ4n) is 4.40. The Hall–Kier alpha value is -2.86. The van der Waals surface area contributed by atoms with Crippen LogP contribution in [0, 0.1) is 5.92 Å². The van der Waals surface area contributed by atoms with Gasteiger partial charge in [-0.15, -0.1) is 0 Å². The van der Waals surface area contributed by atoms with Crippen LogP contribution in [0.15, 0.2) is 53.3 Å². The van der Waals surface area contributed by atoms with Crippen LogP contribution in [0.25, 0.3) is 11.0 Å². The molecule has 1 saturated heterocycles. The highest BCUT2D eigenvalue weighted by atomic mass is 16.2. The first-order valence-electron chi connectivity index (χ1n) is 11.3.